The molecule has 0 aliphatic carbocycles. The first-order valence-electron chi connectivity index (χ1n) is 9.47. The number of carbonyl (C=O) groups excluding carboxylic acids is 3. The SMILES string of the molecule is Cc1ccccc1N1C(=O)c2ccc(C(=O)NCCc3ccccc3)cc2C1=O. The first-order valence-corrected chi connectivity index (χ1v) is 9.47. The molecule has 1 aliphatic rings. The Labute approximate surface area is 169 Å². The summed E-state index contributed by atoms with van der Waals surface area (Å²) in [5.74, 6) is -1.04. The van der Waals surface area contributed by atoms with E-state index in [0.717, 1.165) is 17.5 Å². The monoisotopic (exact) mass is 384 g/mol. The molecule has 3 aromatic carbocycles. The Morgan fingerprint density at radius 1 is 0.862 bits per heavy atom. The number of imide groups is 1. The van der Waals surface area contributed by atoms with Crippen molar-refractivity contribution in [1.29, 1.82) is 0 Å². The van der Waals surface area contributed by atoms with Crippen LogP contribution < -0.4 is 10.2 Å². The predicted molar refractivity (Wildman–Crippen MR) is 111 cm³/mol. The van der Waals surface area contributed by atoms with Gasteiger partial charge in [0.1, 0.15) is 0 Å². The van der Waals surface area contributed by atoms with Crippen molar-refractivity contribution in [2.75, 3.05) is 11.4 Å². The average molecular weight is 384 g/mol. The molecular weight excluding hydrogens is 364 g/mol. The molecule has 1 aliphatic heterocycles. The number of nitrogens with one attached hydrogen (secondary N) is 1. The molecule has 3 amide bonds. The third-order valence-electron chi connectivity index (χ3n) is 5.05. The lowest BCUT2D eigenvalue weighted by atomic mass is 10.1. The minimum absolute atomic E-state index is 0.258. The summed E-state index contributed by atoms with van der Waals surface area (Å²) in [5.41, 5.74) is 3.47. The normalized spacial score (nSPS) is 12.8. The van der Waals surface area contributed by atoms with Crippen molar-refractivity contribution in [3.8, 4) is 0 Å². The van der Waals surface area contributed by atoms with Gasteiger partial charge in [0.25, 0.3) is 17.7 Å². The van der Waals surface area contributed by atoms with E-state index in [1.54, 1.807) is 24.3 Å². The molecule has 144 valence electrons. The summed E-state index contributed by atoms with van der Waals surface area (Å²) in [6, 6.07) is 21.8. The summed E-state index contributed by atoms with van der Waals surface area (Å²) in [6.45, 7) is 2.34. The second-order valence-electron chi connectivity index (χ2n) is 6.98. The molecule has 0 unspecified atom stereocenters. The summed E-state index contributed by atoms with van der Waals surface area (Å²) >= 11 is 0. The van der Waals surface area contributed by atoms with E-state index in [-0.39, 0.29) is 17.4 Å². The van der Waals surface area contributed by atoms with E-state index < -0.39 is 5.91 Å². The van der Waals surface area contributed by atoms with Crippen molar-refractivity contribution in [3.63, 3.8) is 0 Å². The van der Waals surface area contributed by atoms with Crippen molar-refractivity contribution in [3.05, 3.63) is 101 Å². The van der Waals surface area contributed by atoms with E-state index in [0.29, 0.717) is 23.4 Å². The Kier molecular flexibility index (Phi) is 4.96. The van der Waals surface area contributed by atoms with Gasteiger partial charge in [-0.2, -0.15) is 0 Å². The van der Waals surface area contributed by atoms with Crippen LogP contribution in [-0.2, 0) is 6.42 Å². The molecule has 0 bridgehead atoms. The first-order chi connectivity index (χ1) is 14.1. The van der Waals surface area contributed by atoms with Gasteiger partial charge in [0, 0.05) is 12.1 Å². The predicted octanol–water partition coefficient (Wildman–Crippen LogP) is 3.77. The van der Waals surface area contributed by atoms with Crippen LogP contribution in [-0.4, -0.2) is 24.3 Å². The van der Waals surface area contributed by atoms with Crippen LogP contribution in [0.15, 0.2) is 72.8 Å². The summed E-state index contributed by atoms with van der Waals surface area (Å²) in [7, 11) is 0. The Morgan fingerprint density at radius 2 is 1.55 bits per heavy atom. The highest BCUT2D eigenvalue weighted by atomic mass is 16.2. The van der Waals surface area contributed by atoms with Crippen LogP contribution in [0.2, 0.25) is 0 Å². The number of nitrogens with zero attached hydrogens (tertiary/aromatic N) is 1. The molecule has 29 heavy (non-hydrogen) atoms. The fourth-order valence-corrected chi connectivity index (χ4v) is 3.48. The number of carbonyl (C=O) groups is 3. The number of anilines is 1. The maximum absolute atomic E-state index is 12.9. The standard InChI is InChI=1S/C24H20N2O3/c1-16-7-5-6-10-21(16)26-23(28)19-12-11-18(15-20(19)24(26)29)22(27)25-14-13-17-8-3-2-4-9-17/h2-12,15H,13-14H2,1H3,(H,25,27). The van der Waals surface area contributed by atoms with Crippen molar-refractivity contribution >= 4 is 23.4 Å². The summed E-state index contributed by atoms with van der Waals surface area (Å²) in [6.07, 6.45) is 0.718. The number of fused-ring (bicyclic) bond motifs is 1. The van der Waals surface area contributed by atoms with Gasteiger partial charge in [0.2, 0.25) is 0 Å². The molecule has 0 spiro atoms. The Bertz CT molecular complexity index is 1110. The highest BCUT2D eigenvalue weighted by Gasteiger charge is 2.37. The van der Waals surface area contributed by atoms with E-state index in [1.165, 1.54) is 11.0 Å². The van der Waals surface area contributed by atoms with Gasteiger partial charge in [-0.15, -0.1) is 0 Å². The van der Waals surface area contributed by atoms with Gasteiger partial charge >= 0.3 is 0 Å². The fraction of sp³-hybridized carbons (Fsp3) is 0.125. The van der Waals surface area contributed by atoms with Gasteiger partial charge in [-0.05, 0) is 48.7 Å². The van der Waals surface area contributed by atoms with Crippen LogP contribution in [0.1, 0.15) is 42.2 Å². The van der Waals surface area contributed by atoms with E-state index in [2.05, 4.69) is 5.32 Å². The van der Waals surface area contributed by atoms with E-state index in [9.17, 15) is 14.4 Å². The maximum Gasteiger partial charge on any atom is 0.266 e. The van der Waals surface area contributed by atoms with Crippen molar-refractivity contribution in [2.24, 2.45) is 0 Å². The Morgan fingerprint density at radius 3 is 2.31 bits per heavy atom. The number of aryl methyl sites for hydroxylation is 1. The van der Waals surface area contributed by atoms with Crippen molar-refractivity contribution in [1.82, 2.24) is 5.32 Å². The van der Waals surface area contributed by atoms with Gasteiger partial charge in [-0.3, -0.25) is 14.4 Å². The van der Waals surface area contributed by atoms with Crippen LogP contribution in [0.3, 0.4) is 0 Å². The molecule has 5 nitrogen and oxygen atoms in total. The lowest BCUT2D eigenvalue weighted by Crippen LogP contribution is -2.30. The molecule has 0 aromatic heterocycles. The second-order valence-corrected chi connectivity index (χ2v) is 6.98. The average Bonchev–Trinajstić information content (AvgIpc) is 2.99. The van der Waals surface area contributed by atoms with Gasteiger partial charge in [0.05, 0.1) is 16.8 Å². The Balaban J connectivity index is 1.51. The zero-order valence-corrected chi connectivity index (χ0v) is 16.0. The van der Waals surface area contributed by atoms with Gasteiger partial charge in [0.15, 0.2) is 0 Å². The second kappa shape index (κ2) is 7.72. The molecule has 3 aromatic rings. The number of hydrogen-bond acceptors (Lipinski definition) is 3. The van der Waals surface area contributed by atoms with Crippen molar-refractivity contribution in [2.45, 2.75) is 13.3 Å². The lowest BCUT2D eigenvalue weighted by Gasteiger charge is -2.16. The molecule has 1 heterocycles. The van der Waals surface area contributed by atoms with Gasteiger partial charge in [-0.1, -0.05) is 48.5 Å². The number of hydrogen-bond donors (Lipinski definition) is 1. The number of benzene rings is 3. The van der Waals surface area contributed by atoms with Crippen LogP contribution >= 0.6 is 0 Å². The van der Waals surface area contributed by atoms with Gasteiger partial charge < -0.3 is 5.32 Å². The van der Waals surface area contributed by atoms with Crippen LogP contribution in [0, 0.1) is 6.92 Å². The molecule has 0 saturated heterocycles. The maximum atomic E-state index is 12.9. The highest BCUT2D eigenvalue weighted by Crippen LogP contribution is 2.30. The molecule has 0 fully saturated rings. The fourth-order valence-electron chi connectivity index (χ4n) is 3.48. The van der Waals surface area contributed by atoms with Gasteiger partial charge in [-0.25, -0.2) is 4.90 Å². The first kappa shape index (κ1) is 18.6. The molecule has 0 saturated carbocycles. The lowest BCUT2D eigenvalue weighted by molar-refractivity contribution is 0.0923. The number of amides is 3. The largest absolute Gasteiger partial charge is 0.352 e. The molecule has 0 radical (unpaired) electrons. The molecule has 5 heteroatoms. The smallest absolute Gasteiger partial charge is 0.266 e. The Hall–Kier alpha value is -3.73. The highest BCUT2D eigenvalue weighted by molar-refractivity contribution is 6.35. The minimum atomic E-state index is -0.404. The zero-order chi connectivity index (χ0) is 20.4. The van der Waals surface area contributed by atoms with E-state index in [4.69, 9.17) is 0 Å². The third-order valence-corrected chi connectivity index (χ3v) is 5.05. The molecule has 1 N–H and O–H groups in total. The number of rotatable bonds is 5. The molecular formula is C24H20N2O3. The summed E-state index contributed by atoms with van der Waals surface area (Å²) in [4.78, 5) is 39.4. The van der Waals surface area contributed by atoms with Crippen LogP contribution in [0.4, 0.5) is 5.69 Å². The molecule has 4 rings (SSSR count). The minimum Gasteiger partial charge on any atom is -0.352 e. The van der Waals surface area contributed by atoms with E-state index >= 15 is 0 Å². The quantitative estimate of drug-likeness (QED) is 0.681. The van der Waals surface area contributed by atoms with E-state index in [1.807, 2.05) is 49.4 Å². The number of para-hydroxylation sites is 1. The van der Waals surface area contributed by atoms with Crippen LogP contribution in [0.5, 0.6) is 0 Å². The zero-order valence-electron chi connectivity index (χ0n) is 16.0. The third kappa shape index (κ3) is 3.55. The summed E-state index contributed by atoms with van der Waals surface area (Å²) in [5, 5.41) is 2.87. The van der Waals surface area contributed by atoms with Crippen LogP contribution in [0.25, 0.3) is 0 Å². The topological polar surface area (TPSA) is 66.5 Å². The van der Waals surface area contributed by atoms with Crippen molar-refractivity contribution < 1.29 is 14.4 Å². The summed E-state index contributed by atoms with van der Waals surface area (Å²) < 4.78 is 0. The molecule has 0 atom stereocenters.